The summed E-state index contributed by atoms with van der Waals surface area (Å²) in [6, 6.07) is 0. The molecule has 0 aliphatic heterocycles. The molecule has 0 amide bonds. The summed E-state index contributed by atoms with van der Waals surface area (Å²) in [7, 11) is 0. The third-order valence-corrected chi connectivity index (χ3v) is 3.14. The quantitative estimate of drug-likeness (QED) is 0.229. The van der Waals surface area contributed by atoms with E-state index in [4.69, 9.17) is 0 Å². The van der Waals surface area contributed by atoms with E-state index in [1.54, 1.807) is 6.08 Å². The lowest BCUT2D eigenvalue weighted by Crippen LogP contribution is -1.96. The van der Waals surface area contributed by atoms with E-state index in [0.29, 0.717) is 12.8 Å². The topological polar surface area (TPSA) is 60.2 Å². The summed E-state index contributed by atoms with van der Waals surface area (Å²) in [5, 5.41) is 10.9. The fourth-order valence-corrected chi connectivity index (χ4v) is 1.90. The van der Waals surface area contributed by atoms with E-state index in [9.17, 15) is 14.9 Å². The van der Waals surface area contributed by atoms with Crippen molar-refractivity contribution >= 4 is 6.29 Å². The Kier molecular flexibility index (Phi) is 13.6. The van der Waals surface area contributed by atoms with Crippen LogP contribution in [-0.4, -0.2) is 11.2 Å². The number of nitro groups is 1. The number of rotatable bonds is 12. The minimum absolute atomic E-state index is 0.0297. The van der Waals surface area contributed by atoms with Gasteiger partial charge in [0, 0.05) is 24.8 Å². The number of allylic oxidation sites excluding steroid dienone is 2. The average molecular weight is 292 g/mol. The highest BCUT2D eigenvalue weighted by molar-refractivity contribution is 5.50. The second-order valence-corrected chi connectivity index (χ2v) is 5.06. The van der Waals surface area contributed by atoms with E-state index >= 15 is 0 Å². The molecule has 0 aromatic rings. The first-order chi connectivity index (χ1) is 10.2. The minimum Gasteiger partial charge on any atom is -0.291 e. The number of carbonyl (C=O) groups excluding carboxylic acids is 1. The van der Waals surface area contributed by atoms with Gasteiger partial charge in [0.1, 0.15) is 0 Å². The maximum atomic E-state index is 10.9. The van der Waals surface area contributed by atoms with Crippen LogP contribution in [0.15, 0.2) is 11.8 Å². The maximum absolute atomic E-state index is 10.9. The van der Waals surface area contributed by atoms with Gasteiger partial charge in [-0.1, -0.05) is 44.9 Å². The molecule has 0 saturated carbocycles. The first-order valence-electron chi connectivity index (χ1n) is 7.90. The number of unbranched alkanes of at least 4 members (excludes halogenated alkanes) is 9. The van der Waals surface area contributed by atoms with Gasteiger partial charge >= 0.3 is 5.70 Å². The van der Waals surface area contributed by atoms with Crippen LogP contribution in [0.2, 0.25) is 0 Å². The lowest BCUT2D eigenvalue weighted by molar-refractivity contribution is -0.417. The highest BCUT2D eigenvalue weighted by atomic mass is 16.6. The van der Waals surface area contributed by atoms with E-state index in [0.717, 1.165) is 51.4 Å². The van der Waals surface area contributed by atoms with Crippen molar-refractivity contribution in [3.05, 3.63) is 21.9 Å². The van der Waals surface area contributed by atoms with Gasteiger partial charge in [0.25, 0.3) is 0 Å². The van der Waals surface area contributed by atoms with Crippen LogP contribution in [0, 0.1) is 22.0 Å². The molecule has 0 saturated heterocycles. The van der Waals surface area contributed by atoms with Gasteiger partial charge in [0.2, 0.25) is 0 Å². The van der Waals surface area contributed by atoms with Crippen molar-refractivity contribution in [2.24, 2.45) is 0 Å². The maximum Gasteiger partial charge on any atom is 0.315 e. The Labute approximate surface area is 128 Å². The number of nitrogens with zero attached hydrogens (tertiary/aromatic N) is 1. The zero-order valence-corrected chi connectivity index (χ0v) is 13.0. The molecule has 4 heteroatoms. The molecule has 0 aromatic heterocycles. The molecule has 0 heterocycles. The average Bonchev–Trinajstić information content (AvgIpc) is 2.47. The Morgan fingerprint density at radius 2 is 1.71 bits per heavy atom. The molecule has 0 atom stereocenters. The SMILES string of the molecule is CCCCCCC=C(C#CCCCCCC[C]=O)[N+](=O)[O-]. The van der Waals surface area contributed by atoms with Crippen LogP contribution in [0.1, 0.15) is 77.6 Å². The molecule has 0 N–H and O–H groups in total. The lowest BCUT2D eigenvalue weighted by Gasteiger charge is -1.95. The van der Waals surface area contributed by atoms with Crippen LogP contribution in [0.5, 0.6) is 0 Å². The van der Waals surface area contributed by atoms with Crippen molar-refractivity contribution in [2.45, 2.75) is 77.6 Å². The second-order valence-electron chi connectivity index (χ2n) is 5.06. The Morgan fingerprint density at radius 3 is 2.33 bits per heavy atom. The van der Waals surface area contributed by atoms with Gasteiger partial charge in [0.15, 0.2) is 6.29 Å². The first kappa shape index (κ1) is 19.4. The molecule has 0 rings (SSSR count). The predicted octanol–water partition coefficient (Wildman–Crippen LogP) is 4.57. The molecular weight excluding hydrogens is 266 g/mol. The van der Waals surface area contributed by atoms with Crippen LogP contribution in [0.3, 0.4) is 0 Å². The van der Waals surface area contributed by atoms with Crippen molar-refractivity contribution in [1.82, 2.24) is 0 Å². The summed E-state index contributed by atoms with van der Waals surface area (Å²) in [5.41, 5.74) is 0.0297. The largest absolute Gasteiger partial charge is 0.315 e. The molecule has 0 bridgehead atoms. The monoisotopic (exact) mass is 292 g/mol. The van der Waals surface area contributed by atoms with Gasteiger partial charge in [-0.25, -0.2) is 0 Å². The molecule has 4 nitrogen and oxygen atoms in total. The third kappa shape index (κ3) is 13.1. The van der Waals surface area contributed by atoms with Gasteiger partial charge in [-0.05, 0) is 25.7 Å². The summed E-state index contributed by atoms with van der Waals surface area (Å²) in [5.74, 6) is 5.53. The van der Waals surface area contributed by atoms with Gasteiger partial charge in [-0.15, -0.1) is 0 Å². The van der Waals surface area contributed by atoms with Crippen molar-refractivity contribution in [1.29, 1.82) is 0 Å². The zero-order valence-electron chi connectivity index (χ0n) is 13.0. The van der Waals surface area contributed by atoms with Crippen molar-refractivity contribution in [2.75, 3.05) is 0 Å². The highest BCUT2D eigenvalue weighted by Gasteiger charge is 2.04. The Hall–Kier alpha value is -1.63. The minimum atomic E-state index is -0.396. The summed E-state index contributed by atoms with van der Waals surface area (Å²) in [4.78, 5) is 20.5. The van der Waals surface area contributed by atoms with E-state index in [1.807, 2.05) is 6.29 Å². The van der Waals surface area contributed by atoms with Crippen molar-refractivity contribution < 1.29 is 9.72 Å². The van der Waals surface area contributed by atoms with Gasteiger partial charge in [-0.2, -0.15) is 0 Å². The second kappa shape index (κ2) is 14.8. The van der Waals surface area contributed by atoms with Crippen LogP contribution in [0.4, 0.5) is 0 Å². The first-order valence-corrected chi connectivity index (χ1v) is 7.90. The van der Waals surface area contributed by atoms with Crippen LogP contribution in [0.25, 0.3) is 0 Å². The summed E-state index contributed by atoms with van der Waals surface area (Å²) in [6.45, 7) is 2.14. The fraction of sp³-hybridized carbons (Fsp3) is 0.706. The molecular formula is C17H26NO3. The van der Waals surface area contributed by atoms with E-state index < -0.39 is 4.92 Å². The van der Waals surface area contributed by atoms with E-state index in [2.05, 4.69) is 18.8 Å². The van der Waals surface area contributed by atoms with Crippen molar-refractivity contribution in [3.63, 3.8) is 0 Å². The van der Waals surface area contributed by atoms with Gasteiger partial charge in [0.05, 0.1) is 4.92 Å². The normalized spacial score (nSPS) is 10.8. The van der Waals surface area contributed by atoms with Gasteiger partial charge in [-0.3, -0.25) is 14.9 Å². The molecule has 0 aromatic carbocycles. The predicted molar refractivity (Wildman–Crippen MR) is 85.0 cm³/mol. The zero-order chi connectivity index (χ0) is 15.8. The summed E-state index contributed by atoms with van der Waals surface area (Å²) < 4.78 is 0. The molecule has 0 aliphatic carbocycles. The smallest absolute Gasteiger partial charge is 0.291 e. The van der Waals surface area contributed by atoms with Crippen LogP contribution in [-0.2, 0) is 4.79 Å². The lowest BCUT2D eigenvalue weighted by atomic mass is 10.1. The molecule has 21 heavy (non-hydrogen) atoms. The third-order valence-electron chi connectivity index (χ3n) is 3.14. The Balaban J connectivity index is 3.92. The summed E-state index contributed by atoms with van der Waals surface area (Å²) >= 11 is 0. The number of hydrogen-bond donors (Lipinski definition) is 0. The highest BCUT2D eigenvalue weighted by Crippen LogP contribution is 2.07. The number of hydrogen-bond acceptors (Lipinski definition) is 3. The van der Waals surface area contributed by atoms with E-state index in [1.165, 1.54) is 6.42 Å². The fourth-order valence-electron chi connectivity index (χ4n) is 1.90. The molecule has 0 unspecified atom stereocenters. The van der Waals surface area contributed by atoms with E-state index in [-0.39, 0.29) is 5.70 Å². The Bertz CT molecular complexity index is 377. The summed E-state index contributed by atoms with van der Waals surface area (Å²) in [6.07, 6.45) is 13.6. The standard InChI is InChI=1S/C17H26NO3/c1-2-3-4-8-11-14-17(18(20)21)15-12-9-6-5-7-10-13-16-19/h14H,2-11,13H2,1H3. The molecule has 0 aliphatic rings. The van der Waals surface area contributed by atoms with Crippen molar-refractivity contribution in [3.8, 4) is 11.8 Å². The van der Waals surface area contributed by atoms with Crippen LogP contribution >= 0.6 is 0 Å². The molecule has 1 radical (unpaired) electrons. The van der Waals surface area contributed by atoms with Gasteiger partial charge < -0.3 is 0 Å². The van der Waals surface area contributed by atoms with Crippen LogP contribution < -0.4 is 0 Å². The molecule has 0 fully saturated rings. The molecule has 0 spiro atoms. The molecule has 117 valence electrons. The Morgan fingerprint density at radius 1 is 1.05 bits per heavy atom.